The summed E-state index contributed by atoms with van der Waals surface area (Å²) in [5, 5.41) is 0. The number of oxazole rings is 1. The second kappa shape index (κ2) is 7.87. The van der Waals surface area contributed by atoms with Gasteiger partial charge in [-0.15, -0.1) is 0 Å². The van der Waals surface area contributed by atoms with Crippen molar-refractivity contribution < 1.29 is 12.8 Å². The molecule has 0 saturated carbocycles. The van der Waals surface area contributed by atoms with Gasteiger partial charge in [-0.25, -0.2) is 13.4 Å². The van der Waals surface area contributed by atoms with Crippen LogP contribution in [0.3, 0.4) is 0 Å². The molecule has 0 radical (unpaired) electrons. The molecule has 0 bridgehead atoms. The van der Waals surface area contributed by atoms with Crippen LogP contribution < -0.4 is 0 Å². The summed E-state index contributed by atoms with van der Waals surface area (Å²) in [7, 11) is -3.43. The van der Waals surface area contributed by atoms with E-state index in [0.717, 1.165) is 17.0 Å². The fraction of sp³-hybridized carbons (Fsp3) is 0.286. The summed E-state index contributed by atoms with van der Waals surface area (Å²) < 4.78 is 32.9. The Morgan fingerprint density at radius 1 is 0.929 bits per heavy atom. The van der Waals surface area contributed by atoms with Crippen molar-refractivity contribution in [2.45, 2.75) is 18.4 Å². The molecule has 1 aliphatic heterocycles. The van der Waals surface area contributed by atoms with E-state index in [4.69, 9.17) is 4.42 Å². The second-order valence-electron chi connectivity index (χ2n) is 6.88. The zero-order valence-electron chi connectivity index (χ0n) is 15.8. The zero-order valence-corrected chi connectivity index (χ0v) is 16.6. The molecule has 1 saturated heterocycles. The molecule has 7 heteroatoms. The van der Waals surface area contributed by atoms with E-state index in [1.54, 1.807) is 28.6 Å². The van der Waals surface area contributed by atoms with Gasteiger partial charge in [0.1, 0.15) is 5.76 Å². The lowest BCUT2D eigenvalue weighted by atomic mass is 10.2. The average Bonchev–Trinajstić information content (AvgIpc) is 3.10. The number of hydrogen-bond donors (Lipinski definition) is 0. The van der Waals surface area contributed by atoms with Gasteiger partial charge in [0.05, 0.1) is 10.6 Å². The van der Waals surface area contributed by atoms with Gasteiger partial charge < -0.3 is 4.42 Å². The van der Waals surface area contributed by atoms with Gasteiger partial charge in [0, 0.05) is 38.3 Å². The summed E-state index contributed by atoms with van der Waals surface area (Å²) in [6.45, 7) is 4.85. The Bertz CT molecular complexity index is 1030. The van der Waals surface area contributed by atoms with Crippen molar-refractivity contribution in [3.05, 3.63) is 72.1 Å². The molecule has 1 fully saturated rings. The second-order valence-corrected chi connectivity index (χ2v) is 8.82. The number of hydrogen-bond acceptors (Lipinski definition) is 5. The Labute approximate surface area is 165 Å². The van der Waals surface area contributed by atoms with Crippen molar-refractivity contribution in [2.75, 3.05) is 26.2 Å². The Morgan fingerprint density at radius 3 is 2.18 bits per heavy atom. The maximum Gasteiger partial charge on any atom is 0.243 e. The van der Waals surface area contributed by atoms with Crippen molar-refractivity contribution in [3.63, 3.8) is 0 Å². The Balaban J connectivity index is 1.41. The van der Waals surface area contributed by atoms with Gasteiger partial charge >= 0.3 is 0 Å². The van der Waals surface area contributed by atoms with Gasteiger partial charge in [-0.2, -0.15) is 4.31 Å². The standard InChI is InChI=1S/C21H23N3O3S/c1-17-20(22-21(27-17)18-8-4-2-5-9-18)16-23-12-14-24(15-13-23)28(25,26)19-10-6-3-7-11-19/h2-11H,12-16H2,1H3. The minimum Gasteiger partial charge on any atom is -0.441 e. The normalized spacial score (nSPS) is 16.3. The van der Waals surface area contributed by atoms with Crippen molar-refractivity contribution in [1.29, 1.82) is 0 Å². The molecule has 1 aliphatic rings. The number of nitrogens with zero attached hydrogens (tertiary/aromatic N) is 3. The SMILES string of the molecule is Cc1oc(-c2ccccc2)nc1CN1CCN(S(=O)(=O)c2ccccc2)CC1. The maximum absolute atomic E-state index is 12.7. The Hall–Kier alpha value is -2.48. The number of rotatable bonds is 5. The van der Waals surface area contributed by atoms with E-state index < -0.39 is 10.0 Å². The molecular weight excluding hydrogens is 374 g/mol. The first-order valence-electron chi connectivity index (χ1n) is 9.33. The highest BCUT2D eigenvalue weighted by molar-refractivity contribution is 7.89. The zero-order chi connectivity index (χ0) is 19.6. The van der Waals surface area contributed by atoms with Crippen molar-refractivity contribution in [3.8, 4) is 11.5 Å². The molecule has 4 rings (SSSR count). The third-order valence-electron chi connectivity index (χ3n) is 5.00. The number of sulfonamides is 1. The van der Waals surface area contributed by atoms with E-state index in [1.807, 2.05) is 43.3 Å². The van der Waals surface area contributed by atoms with Crippen LogP contribution in [0, 0.1) is 6.92 Å². The molecule has 6 nitrogen and oxygen atoms in total. The summed E-state index contributed by atoms with van der Waals surface area (Å²) >= 11 is 0. The molecule has 0 spiro atoms. The van der Waals surface area contributed by atoms with Crippen LogP contribution in [0.5, 0.6) is 0 Å². The molecule has 0 amide bonds. The highest BCUT2D eigenvalue weighted by Crippen LogP contribution is 2.23. The van der Waals surface area contributed by atoms with Crippen LogP contribution in [0.25, 0.3) is 11.5 Å². The third-order valence-corrected chi connectivity index (χ3v) is 6.91. The van der Waals surface area contributed by atoms with Crippen LogP contribution in [-0.4, -0.2) is 48.8 Å². The fourth-order valence-corrected chi connectivity index (χ4v) is 4.80. The predicted molar refractivity (Wildman–Crippen MR) is 107 cm³/mol. The van der Waals surface area contributed by atoms with E-state index in [9.17, 15) is 8.42 Å². The van der Waals surface area contributed by atoms with E-state index >= 15 is 0 Å². The Kier molecular flexibility index (Phi) is 5.30. The highest BCUT2D eigenvalue weighted by atomic mass is 32.2. The summed E-state index contributed by atoms with van der Waals surface area (Å²) in [4.78, 5) is 7.22. The molecule has 2 heterocycles. The predicted octanol–water partition coefficient (Wildman–Crippen LogP) is 3.16. The molecule has 1 aromatic heterocycles. The molecule has 0 atom stereocenters. The smallest absolute Gasteiger partial charge is 0.243 e. The van der Waals surface area contributed by atoms with Gasteiger partial charge in [0.2, 0.25) is 15.9 Å². The summed E-state index contributed by atoms with van der Waals surface area (Å²) in [5.41, 5.74) is 1.86. The monoisotopic (exact) mass is 397 g/mol. The van der Waals surface area contributed by atoms with Crippen molar-refractivity contribution in [1.82, 2.24) is 14.2 Å². The fourth-order valence-electron chi connectivity index (χ4n) is 3.36. The summed E-state index contributed by atoms with van der Waals surface area (Å²) in [5.74, 6) is 1.43. The molecule has 0 N–H and O–H groups in total. The maximum atomic E-state index is 12.7. The van der Waals surface area contributed by atoms with Gasteiger partial charge in [0.15, 0.2) is 0 Å². The van der Waals surface area contributed by atoms with E-state index in [0.29, 0.717) is 43.5 Å². The minimum atomic E-state index is -3.43. The van der Waals surface area contributed by atoms with Gasteiger partial charge in [0.25, 0.3) is 0 Å². The van der Waals surface area contributed by atoms with E-state index in [1.165, 1.54) is 0 Å². The first-order valence-corrected chi connectivity index (χ1v) is 10.8. The minimum absolute atomic E-state index is 0.350. The summed E-state index contributed by atoms with van der Waals surface area (Å²) in [6, 6.07) is 18.4. The lowest BCUT2D eigenvalue weighted by Gasteiger charge is -2.33. The number of aryl methyl sites for hydroxylation is 1. The van der Waals surface area contributed by atoms with E-state index in [2.05, 4.69) is 9.88 Å². The van der Waals surface area contributed by atoms with Crippen LogP contribution in [0.4, 0.5) is 0 Å². The van der Waals surface area contributed by atoms with Crippen LogP contribution in [0.2, 0.25) is 0 Å². The molecule has 0 unspecified atom stereocenters. The number of benzene rings is 2. The molecule has 146 valence electrons. The molecule has 28 heavy (non-hydrogen) atoms. The molecule has 3 aromatic rings. The Morgan fingerprint density at radius 2 is 1.54 bits per heavy atom. The average molecular weight is 398 g/mol. The molecular formula is C21H23N3O3S. The van der Waals surface area contributed by atoms with Crippen LogP contribution >= 0.6 is 0 Å². The van der Waals surface area contributed by atoms with Crippen molar-refractivity contribution in [2.24, 2.45) is 0 Å². The van der Waals surface area contributed by atoms with Gasteiger partial charge in [-0.05, 0) is 31.2 Å². The highest BCUT2D eigenvalue weighted by Gasteiger charge is 2.28. The van der Waals surface area contributed by atoms with Crippen LogP contribution in [-0.2, 0) is 16.6 Å². The largest absolute Gasteiger partial charge is 0.441 e. The van der Waals surface area contributed by atoms with Gasteiger partial charge in [-0.3, -0.25) is 4.90 Å². The first-order chi connectivity index (χ1) is 13.5. The van der Waals surface area contributed by atoms with Gasteiger partial charge in [-0.1, -0.05) is 36.4 Å². The third kappa shape index (κ3) is 3.87. The first kappa shape index (κ1) is 18.9. The van der Waals surface area contributed by atoms with Crippen LogP contribution in [0.15, 0.2) is 70.0 Å². The quantitative estimate of drug-likeness (QED) is 0.662. The van der Waals surface area contributed by atoms with Crippen LogP contribution in [0.1, 0.15) is 11.5 Å². The van der Waals surface area contributed by atoms with E-state index in [-0.39, 0.29) is 0 Å². The topological polar surface area (TPSA) is 66.7 Å². The number of aromatic nitrogens is 1. The molecule has 0 aliphatic carbocycles. The summed E-state index contributed by atoms with van der Waals surface area (Å²) in [6.07, 6.45) is 0. The molecule has 2 aromatic carbocycles. The number of piperazine rings is 1. The lowest BCUT2D eigenvalue weighted by molar-refractivity contribution is 0.179. The van der Waals surface area contributed by atoms with Crippen molar-refractivity contribution >= 4 is 10.0 Å². The lowest BCUT2D eigenvalue weighted by Crippen LogP contribution is -2.48.